The molecule has 1 N–H and O–H groups in total. The minimum Gasteiger partial charge on any atom is -0.388 e. The monoisotopic (exact) mass is 240 g/mol. The van der Waals surface area contributed by atoms with E-state index >= 15 is 0 Å². The van der Waals surface area contributed by atoms with Gasteiger partial charge in [-0.15, -0.1) is 0 Å². The average Bonchev–Trinajstić information content (AvgIpc) is 3.09. The molecule has 3 atom stereocenters. The van der Waals surface area contributed by atoms with Crippen molar-refractivity contribution in [2.45, 2.75) is 31.8 Å². The fraction of sp³-hybridized carbons (Fsp3) is 0.412. The van der Waals surface area contributed by atoms with E-state index in [0.717, 1.165) is 18.4 Å². The Hall–Kier alpha value is -1.34. The lowest BCUT2D eigenvalue weighted by Crippen LogP contribution is -2.18. The molecule has 18 heavy (non-hydrogen) atoms. The van der Waals surface area contributed by atoms with Crippen LogP contribution in [0.5, 0.6) is 0 Å². The lowest BCUT2D eigenvalue weighted by Gasteiger charge is -2.26. The Kier molecular flexibility index (Phi) is 3.33. The van der Waals surface area contributed by atoms with Crippen LogP contribution in [0.3, 0.4) is 0 Å². The third-order valence-corrected chi connectivity index (χ3v) is 4.39. The first-order valence-electron chi connectivity index (χ1n) is 6.95. The maximum atomic E-state index is 10.6. The highest BCUT2D eigenvalue weighted by Crippen LogP contribution is 2.45. The van der Waals surface area contributed by atoms with Gasteiger partial charge in [0, 0.05) is 0 Å². The number of allylic oxidation sites excluding steroid dienone is 4. The fourth-order valence-corrected chi connectivity index (χ4v) is 3.46. The molecule has 3 rings (SSSR count). The van der Waals surface area contributed by atoms with E-state index < -0.39 is 0 Å². The molecule has 2 aliphatic carbocycles. The second-order valence-corrected chi connectivity index (χ2v) is 5.43. The van der Waals surface area contributed by atoms with E-state index in [1.807, 2.05) is 30.3 Å². The van der Waals surface area contributed by atoms with Crippen LogP contribution in [0.1, 0.15) is 37.4 Å². The first-order valence-corrected chi connectivity index (χ1v) is 6.95. The van der Waals surface area contributed by atoms with Gasteiger partial charge < -0.3 is 5.11 Å². The standard InChI is InChI=1S/C17H20O/c18-17(14-9-2-1-3-10-14)16-12-6-11-15(16)13-7-4-5-8-13/h1-5,7,9-10,15-18H,6,8,11-12H2. The number of benzene rings is 1. The maximum absolute atomic E-state index is 10.6. The van der Waals surface area contributed by atoms with Crippen LogP contribution in [0.2, 0.25) is 0 Å². The van der Waals surface area contributed by atoms with E-state index in [-0.39, 0.29) is 6.10 Å². The molecule has 0 spiro atoms. The van der Waals surface area contributed by atoms with E-state index in [1.54, 1.807) is 0 Å². The zero-order valence-electron chi connectivity index (χ0n) is 10.6. The van der Waals surface area contributed by atoms with Crippen molar-refractivity contribution in [1.29, 1.82) is 0 Å². The lowest BCUT2D eigenvalue weighted by molar-refractivity contribution is 0.0934. The summed E-state index contributed by atoms with van der Waals surface area (Å²) in [5.41, 5.74) is 2.59. The van der Waals surface area contributed by atoms with Crippen molar-refractivity contribution in [1.82, 2.24) is 0 Å². The highest BCUT2D eigenvalue weighted by Gasteiger charge is 2.35. The molecule has 0 amide bonds. The SMILES string of the molecule is OC(c1ccccc1)C1CCCC1C1=CC=CC1. The molecular weight excluding hydrogens is 220 g/mol. The smallest absolute Gasteiger partial charge is 0.0823 e. The Morgan fingerprint density at radius 2 is 1.94 bits per heavy atom. The zero-order chi connectivity index (χ0) is 12.4. The van der Waals surface area contributed by atoms with Crippen LogP contribution in [0.15, 0.2) is 54.1 Å². The Morgan fingerprint density at radius 1 is 1.11 bits per heavy atom. The van der Waals surface area contributed by atoms with Crippen molar-refractivity contribution < 1.29 is 5.11 Å². The van der Waals surface area contributed by atoms with Crippen LogP contribution in [-0.2, 0) is 0 Å². The van der Waals surface area contributed by atoms with Crippen molar-refractivity contribution in [3.05, 3.63) is 59.7 Å². The molecule has 0 saturated heterocycles. The van der Waals surface area contributed by atoms with Gasteiger partial charge >= 0.3 is 0 Å². The maximum Gasteiger partial charge on any atom is 0.0823 e. The second kappa shape index (κ2) is 5.11. The molecular formula is C17H20O. The van der Waals surface area contributed by atoms with Gasteiger partial charge in [0.25, 0.3) is 0 Å². The van der Waals surface area contributed by atoms with E-state index in [4.69, 9.17) is 0 Å². The molecule has 0 radical (unpaired) electrons. The number of hydrogen-bond donors (Lipinski definition) is 1. The summed E-state index contributed by atoms with van der Waals surface area (Å²) in [5.74, 6) is 0.980. The molecule has 3 unspecified atom stereocenters. The van der Waals surface area contributed by atoms with Gasteiger partial charge in [-0.1, -0.05) is 60.6 Å². The van der Waals surface area contributed by atoms with E-state index in [2.05, 4.69) is 18.2 Å². The highest BCUT2D eigenvalue weighted by atomic mass is 16.3. The minimum atomic E-state index is -0.305. The Balaban J connectivity index is 1.78. The molecule has 1 fully saturated rings. The summed E-state index contributed by atoms with van der Waals surface area (Å²) in [5, 5.41) is 10.6. The largest absolute Gasteiger partial charge is 0.388 e. The first kappa shape index (κ1) is 11.7. The first-order chi connectivity index (χ1) is 8.86. The van der Waals surface area contributed by atoms with Gasteiger partial charge in [-0.3, -0.25) is 0 Å². The van der Waals surface area contributed by atoms with Crippen LogP contribution >= 0.6 is 0 Å². The summed E-state index contributed by atoms with van der Waals surface area (Å²) < 4.78 is 0. The van der Waals surface area contributed by atoms with Gasteiger partial charge in [0.2, 0.25) is 0 Å². The van der Waals surface area contributed by atoms with Gasteiger partial charge in [0.15, 0.2) is 0 Å². The molecule has 0 aliphatic heterocycles. The Morgan fingerprint density at radius 3 is 2.67 bits per heavy atom. The lowest BCUT2D eigenvalue weighted by atomic mass is 9.82. The summed E-state index contributed by atoms with van der Waals surface area (Å²) in [6.07, 6.45) is 11.0. The van der Waals surface area contributed by atoms with Crippen molar-refractivity contribution in [2.24, 2.45) is 11.8 Å². The summed E-state index contributed by atoms with van der Waals surface area (Å²) >= 11 is 0. The third-order valence-electron chi connectivity index (χ3n) is 4.39. The quantitative estimate of drug-likeness (QED) is 0.846. The number of hydrogen-bond acceptors (Lipinski definition) is 1. The summed E-state index contributed by atoms with van der Waals surface area (Å²) in [7, 11) is 0. The van der Waals surface area contributed by atoms with Crippen LogP contribution in [0.25, 0.3) is 0 Å². The van der Waals surface area contributed by atoms with Gasteiger partial charge in [0.05, 0.1) is 6.10 Å². The molecule has 1 saturated carbocycles. The summed E-state index contributed by atoms with van der Waals surface area (Å²) in [6.45, 7) is 0. The van der Waals surface area contributed by atoms with Crippen molar-refractivity contribution in [3.8, 4) is 0 Å². The molecule has 94 valence electrons. The van der Waals surface area contributed by atoms with Gasteiger partial charge in [-0.05, 0) is 36.7 Å². The molecule has 1 heteroatoms. The Bertz CT molecular complexity index is 458. The number of aliphatic hydroxyl groups excluding tert-OH is 1. The minimum absolute atomic E-state index is 0.305. The summed E-state index contributed by atoms with van der Waals surface area (Å²) in [4.78, 5) is 0. The van der Waals surface area contributed by atoms with E-state index in [1.165, 1.54) is 18.4 Å². The molecule has 1 aromatic carbocycles. The van der Waals surface area contributed by atoms with Crippen LogP contribution < -0.4 is 0 Å². The van der Waals surface area contributed by atoms with Crippen LogP contribution in [0, 0.1) is 11.8 Å². The highest BCUT2D eigenvalue weighted by molar-refractivity contribution is 5.28. The molecule has 0 aromatic heterocycles. The molecule has 0 heterocycles. The summed E-state index contributed by atoms with van der Waals surface area (Å²) in [6, 6.07) is 10.1. The van der Waals surface area contributed by atoms with Crippen LogP contribution in [-0.4, -0.2) is 5.11 Å². The third kappa shape index (κ3) is 2.15. The van der Waals surface area contributed by atoms with Crippen molar-refractivity contribution in [3.63, 3.8) is 0 Å². The topological polar surface area (TPSA) is 20.2 Å². The Labute approximate surface area is 109 Å². The zero-order valence-corrected chi connectivity index (χ0v) is 10.6. The predicted octanol–water partition coefficient (Wildman–Crippen LogP) is 4.02. The van der Waals surface area contributed by atoms with Gasteiger partial charge in [-0.25, -0.2) is 0 Å². The number of aliphatic hydroxyl groups is 1. The van der Waals surface area contributed by atoms with E-state index in [0.29, 0.717) is 11.8 Å². The molecule has 1 nitrogen and oxygen atoms in total. The number of rotatable bonds is 3. The van der Waals surface area contributed by atoms with Crippen molar-refractivity contribution >= 4 is 0 Å². The van der Waals surface area contributed by atoms with Gasteiger partial charge in [-0.2, -0.15) is 0 Å². The fourth-order valence-electron chi connectivity index (χ4n) is 3.46. The molecule has 0 bridgehead atoms. The normalized spacial score (nSPS) is 28.4. The van der Waals surface area contributed by atoms with Crippen molar-refractivity contribution in [2.75, 3.05) is 0 Å². The van der Waals surface area contributed by atoms with Crippen LogP contribution in [0.4, 0.5) is 0 Å². The molecule has 2 aliphatic rings. The van der Waals surface area contributed by atoms with E-state index in [9.17, 15) is 5.11 Å². The second-order valence-electron chi connectivity index (χ2n) is 5.43. The predicted molar refractivity (Wildman–Crippen MR) is 74.1 cm³/mol. The molecule has 1 aromatic rings. The van der Waals surface area contributed by atoms with Gasteiger partial charge in [0.1, 0.15) is 0 Å². The average molecular weight is 240 g/mol.